The number of esters is 4. The minimum atomic E-state index is -0.560. The van der Waals surface area contributed by atoms with Gasteiger partial charge in [-0.15, -0.1) is 13.2 Å². The molecule has 0 aliphatic heterocycles. The first-order valence-corrected chi connectivity index (χ1v) is 13.8. The molecule has 0 aromatic carbocycles. The predicted octanol–water partition coefficient (Wildman–Crippen LogP) is 6.45. The van der Waals surface area contributed by atoms with Crippen molar-refractivity contribution in [2.24, 2.45) is 0 Å². The van der Waals surface area contributed by atoms with Gasteiger partial charge in [-0.2, -0.15) is 0 Å². The van der Waals surface area contributed by atoms with Crippen molar-refractivity contribution in [2.75, 3.05) is 20.1 Å². The smallest absolute Gasteiger partial charge is 0.314 e. The molecule has 0 bridgehead atoms. The van der Waals surface area contributed by atoms with E-state index in [0.29, 0.717) is 13.1 Å². The van der Waals surface area contributed by atoms with Gasteiger partial charge in [0.25, 0.3) is 0 Å². The molecule has 0 amide bonds. The lowest BCUT2D eigenvalue weighted by molar-refractivity contribution is -0.161. The first-order valence-electron chi connectivity index (χ1n) is 13.8. The summed E-state index contributed by atoms with van der Waals surface area (Å²) in [5.74, 6) is -2.09. The van der Waals surface area contributed by atoms with Gasteiger partial charge in [0, 0.05) is 25.9 Å². The van der Waals surface area contributed by atoms with Crippen LogP contribution in [0.1, 0.15) is 116 Å². The minimum Gasteiger partial charge on any atom is -0.393 e. The van der Waals surface area contributed by atoms with Gasteiger partial charge < -0.3 is 14.4 Å². The maximum Gasteiger partial charge on any atom is 0.314 e. The Hall–Kier alpha value is -2.28. The Bertz CT molecular complexity index is 592. The van der Waals surface area contributed by atoms with Gasteiger partial charge in [-0.3, -0.25) is 19.2 Å². The molecular weight excluding hydrogens is 458 g/mol. The van der Waals surface area contributed by atoms with E-state index in [1.165, 1.54) is 12.8 Å². The largest absolute Gasteiger partial charge is 0.393 e. The SMILES string of the molecule is C=CCCCCCCCCC(=O)OC(=O)CCN(C)CCC(=O)OC(=O)CCCCCCCCC=C. The average Bonchev–Trinajstić information content (AvgIpc) is 2.84. The zero-order valence-corrected chi connectivity index (χ0v) is 22.6. The van der Waals surface area contributed by atoms with Crippen molar-refractivity contribution in [1.82, 2.24) is 4.90 Å². The lowest BCUT2D eigenvalue weighted by atomic mass is 10.1. The highest BCUT2D eigenvalue weighted by atomic mass is 16.6. The van der Waals surface area contributed by atoms with Crippen LogP contribution in [0.4, 0.5) is 0 Å². The Morgan fingerprint density at radius 1 is 0.528 bits per heavy atom. The summed E-state index contributed by atoms with van der Waals surface area (Å²) in [6, 6.07) is 0. The maximum absolute atomic E-state index is 11.9. The molecule has 0 rings (SSSR count). The van der Waals surface area contributed by atoms with Crippen LogP contribution in [0.25, 0.3) is 0 Å². The Morgan fingerprint density at radius 2 is 0.833 bits per heavy atom. The summed E-state index contributed by atoms with van der Waals surface area (Å²) in [5.41, 5.74) is 0. The average molecular weight is 508 g/mol. The quantitative estimate of drug-likeness (QED) is 0.0641. The topological polar surface area (TPSA) is 90.0 Å². The minimum absolute atomic E-state index is 0.0626. The number of hydrogen-bond donors (Lipinski definition) is 0. The van der Waals surface area contributed by atoms with Crippen LogP contribution < -0.4 is 0 Å². The molecule has 7 heteroatoms. The number of ether oxygens (including phenoxy) is 2. The predicted molar refractivity (Wildman–Crippen MR) is 143 cm³/mol. The summed E-state index contributed by atoms with van der Waals surface area (Å²) in [6.07, 6.45) is 19.1. The Labute approximate surface area is 218 Å². The molecule has 0 heterocycles. The normalized spacial score (nSPS) is 10.7. The lowest BCUT2D eigenvalue weighted by Crippen LogP contribution is -2.27. The van der Waals surface area contributed by atoms with Gasteiger partial charge in [-0.25, -0.2) is 0 Å². The number of nitrogens with zero attached hydrogens (tertiary/aromatic N) is 1. The van der Waals surface area contributed by atoms with E-state index in [2.05, 4.69) is 13.2 Å². The van der Waals surface area contributed by atoms with Crippen molar-refractivity contribution < 1.29 is 28.7 Å². The van der Waals surface area contributed by atoms with E-state index in [1.807, 2.05) is 12.2 Å². The van der Waals surface area contributed by atoms with Crippen molar-refractivity contribution in [3.8, 4) is 0 Å². The third-order valence-electron chi connectivity index (χ3n) is 5.93. The third kappa shape index (κ3) is 23.5. The van der Waals surface area contributed by atoms with Crippen LogP contribution in [0.5, 0.6) is 0 Å². The highest BCUT2D eigenvalue weighted by Crippen LogP contribution is 2.10. The highest BCUT2D eigenvalue weighted by Gasteiger charge is 2.14. The van der Waals surface area contributed by atoms with E-state index in [1.54, 1.807) is 11.9 Å². The second-order valence-corrected chi connectivity index (χ2v) is 9.39. The van der Waals surface area contributed by atoms with Crippen LogP contribution in [0.2, 0.25) is 0 Å². The summed E-state index contributed by atoms with van der Waals surface area (Å²) in [4.78, 5) is 49.1. The van der Waals surface area contributed by atoms with E-state index in [9.17, 15) is 19.2 Å². The van der Waals surface area contributed by atoms with Crippen molar-refractivity contribution in [3.63, 3.8) is 0 Å². The van der Waals surface area contributed by atoms with Crippen molar-refractivity contribution >= 4 is 23.9 Å². The van der Waals surface area contributed by atoms with Crippen LogP contribution >= 0.6 is 0 Å². The van der Waals surface area contributed by atoms with Gasteiger partial charge in [0.1, 0.15) is 0 Å². The molecule has 0 aromatic rings. The molecule has 0 spiro atoms. The van der Waals surface area contributed by atoms with E-state index < -0.39 is 23.9 Å². The van der Waals surface area contributed by atoms with Gasteiger partial charge in [0.2, 0.25) is 0 Å². The van der Waals surface area contributed by atoms with Gasteiger partial charge in [-0.1, -0.05) is 63.5 Å². The molecule has 0 aliphatic rings. The zero-order chi connectivity index (χ0) is 26.9. The fourth-order valence-corrected chi connectivity index (χ4v) is 3.66. The Balaban J connectivity index is 3.72. The van der Waals surface area contributed by atoms with Gasteiger partial charge in [0.05, 0.1) is 12.8 Å². The molecule has 7 nitrogen and oxygen atoms in total. The van der Waals surface area contributed by atoms with Crippen molar-refractivity contribution in [1.29, 1.82) is 0 Å². The summed E-state index contributed by atoms with van der Waals surface area (Å²) >= 11 is 0. The second kappa shape index (κ2) is 24.4. The fraction of sp³-hybridized carbons (Fsp3) is 0.724. The van der Waals surface area contributed by atoms with Crippen LogP contribution in [0.3, 0.4) is 0 Å². The Kier molecular flexibility index (Phi) is 22.9. The van der Waals surface area contributed by atoms with E-state index in [0.717, 1.165) is 77.0 Å². The number of rotatable bonds is 24. The molecule has 0 saturated heterocycles. The van der Waals surface area contributed by atoms with E-state index >= 15 is 0 Å². The molecule has 0 radical (unpaired) electrons. The fourth-order valence-electron chi connectivity index (χ4n) is 3.66. The first-order chi connectivity index (χ1) is 17.4. The van der Waals surface area contributed by atoms with E-state index in [4.69, 9.17) is 9.47 Å². The zero-order valence-electron chi connectivity index (χ0n) is 22.6. The molecule has 0 atom stereocenters. The molecule has 0 aliphatic carbocycles. The summed E-state index contributed by atoms with van der Waals surface area (Å²) in [6.45, 7) is 8.12. The van der Waals surface area contributed by atoms with Gasteiger partial charge >= 0.3 is 23.9 Å². The maximum atomic E-state index is 11.9. The molecule has 0 saturated carbocycles. The molecular formula is C29H49NO6. The summed E-state index contributed by atoms with van der Waals surface area (Å²) < 4.78 is 9.72. The van der Waals surface area contributed by atoms with Gasteiger partial charge in [-0.05, 0) is 45.6 Å². The molecule has 0 N–H and O–H groups in total. The van der Waals surface area contributed by atoms with E-state index in [-0.39, 0.29) is 25.7 Å². The lowest BCUT2D eigenvalue weighted by Gasteiger charge is -2.15. The number of carbonyl (C=O) groups is 4. The first kappa shape index (κ1) is 33.7. The number of unbranched alkanes of at least 4 members (excludes halogenated alkanes) is 12. The van der Waals surface area contributed by atoms with Crippen LogP contribution in [-0.4, -0.2) is 48.9 Å². The van der Waals surface area contributed by atoms with Crippen LogP contribution in [0, 0.1) is 0 Å². The number of allylic oxidation sites excluding steroid dienone is 2. The molecule has 36 heavy (non-hydrogen) atoms. The van der Waals surface area contributed by atoms with Gasteiger partial charge in [0.15, 0.2) is 0 Å². The number of carbonyl (C=O) groups excluding carboxylic acids is 4. The molecule has 206 valence electrons. The summed E-state index contributed by atoms with van der Waals surface area (Å²) in [7, 11) is 1.76. The van der Waals surface area contributed by atoms with Crippen LogP contribution in [-0.2, 0) is 28.7 Å². The second-order valence-electron chi connectivity index (χ2n) is 9.39. The summed E-state index contributed by atoms with van der Waals surface area (Å²) in [5, 5.41) is 0. The number of hydrogen-bond acceptors (Lipinski definition) is 7. The highest BCUT2D eigenvalue weighted by molar-refractivity contribution is 5.86. The monoisotopic (exact) mass is 507 g/mol. The Morgan fingerprint density at radius 3 is 1.19 bits per heavy atom. The third-order valence-corrected chi connectivity index (χ3v) is 5.93. The van der Waals surface area contributed by atoms with Crippen molar-refractivity contribution in [2.45, 2.75) is 116 Å². The van der Waals surface area contributed by atoms with Crippen LogP contribution in [0.15, 0.2) is 25.3 Å². The molecule has 0 unspecified atom stereocenters. The molecule has 0 fully saturated rings. The standard InChI is InChI=1S/C29H49NO6/c1-4-6-8-10-12-14-16-18-20-26(31)35-28(33)22-24-30(3)25-23-29(34)36-27(32)21-19-17-15-13-11-9-7-5-2/h4-5H,1-2,6-25H2,3H3. The van der Waals surface area contributed by atoms with Crippen molar-refractivity contribution in [3.05, 3.63) is 25.3 Å². The molecule has 0 aromatic heterocycles.